The Labute approximate surface area is 132 Å². The Morgan fingerprint density at radius 3 is 2.58 bits per heavy atom. The molecule has 1 rings (SSSR count). The van der Waals surface area contributed by atoms with E-state index in [4.69, 9.17) is 5.26 Å². The molecule has 0 aromatic carbocycles. The molecular formula is C13H11F4N3O4. The predicted octanol–water partition coefficient (Wildman–Crippen LogP) is 1.17. The molecule has 2 N–H and O–H groups in total. The summed E-state index contributed by atoms with van der Waals surface area (Å²) < 4.78 is 54.6. The van der Waals surface area contributed by atoms with Gasteiger partial charge in [-0.15, -0.1) is 0 Å². The number of nitrogens with zero attached hydrogens (tertiary/aromatic N) is 2. The van der Waals surface area contributed by atoms with Crippen molar-refractivity contribution in [2.24, 2.45) is 0 Å². The molecule has 130 valence electrons. The Morgan fingerprint density at radius 1 is 1.46 bits per heavy atom. The van der Waals surface area contributed by atoms with Crippen LogP contribution in [-0.4, -0.2) is 40.8 Å². The summed E-state index contributed by atoms with van der Waals surface area (Å²) in [5.41, 5.74) is -5.58. The van der Waals surface area contributed by atoms with Crippen LogP contribution in [0.3, 0.4) is 0 Å². The third kappa shape index (κ3) is 4.39. The van der Waals surface area contributed by atoms with E-state index in [2.05, 4.69) is 9.72 Å². The van der Waals surface area contributed by atoms with Crippen LogP contribution in [-0.2, 0) is 20.5 Å². The number of esters is 1. The Kier molecular flexibility index (Phi) is 5.81. The second-order valence-electron chi connectivity index (χ2n) is 4.58. The molecule has 0 radical (unpaired) electrons. The Bertz CT molecular complexity index is 683. The van der Waals surface area contributed by atoms with E-state index in [1.54, 1.807) is 0 Å². The van der Waals surface area contributed by atoms with Crippen molar-refractivity contribution in [1.29, 1.82) is 5.26 Å². The van der Waals surface area contributed by atoms with Crippen molar-refractivity contribution in [2.75, 3.05) is 18.6 Å². The van der Waals surface area contributed by atoms with E-state index in [9.17, 15) is 32.3 Å². The molecule has 0 saturated heterocycles. The number of hydrogen-bond donors (Lipinski definition) is 2. The second kappa shape index (κ2) is 7.22. The average Bonchev–Trinajstić information content (AvgIpc) is 2.51. The normalized spacial score (nSPS) is 13.5. The van der Waals surface area contributed by atoms with E-state index in [1.165, 1.54) is 6.07 Å². The van der Waals surface area contributed by atoms with E-state index in [0.717, 1.165) is 13.1 Å². The van der Waals surface area contributed by atoms with Crippen molar-refractivity contribution in [3.05, 3.63) is 23.5 Å². The van der Waals surface area contributed by atoms with Crippen molar-refractivity contribution in [1.82, 2.24) is 4.98 Å². The van der Waals surface area contributed by atoms with Crippen molar-refractivity contribution < 1.29 is 37.0 Å². The van der Waals surface area contributed by atoms with Crippen LogP contribution >= 0.6 is 0 Å². The lowest BCUT2D eigenvalue weighted by atomic mass is 10.1. The Hall–Kier alpha value is -2.74. The number of alkyl halides is 4. The van der Waals surface area contributed by atoms with Gasteiger partial charge in [-0.1, -0.05) is 0 Å². The molecule has 0 aliphatic heterocycles. The largest absolute Gasteiger partial charge is 0.460 e. The van der Waals surface area contributed by atoms with Crippen LogP contribution in [0.4, 0.5) is 23.2 Å². The third-order valence-corrected chi connectivity index (χ3v) is 2.71. The minimum atomic E-state index is -4.90. The number of nitrogens with one attached hydrogen (secondary N) is 1. The molecule has 7 nitrogen and oxygen atoms in total. The summed E-state index contributed by atoms with van der Waals surface area (Å²) >= 11 is 0. The van der Waals surface area contributed by atoms with Gasteiger partial charge in [0.2, 0.25) is 5.60 Å². The molecule has 0 saturated carbocycles. The average molecular weight is 349 g/mol. The molecule has 0 fully saturated rings. The topological polar surface area (TPSA) is 112 Å². The number of pyridine rings is 1. The third-order valence-electron chi connectivity index (χ3n) is 2.71. The van der Waals surface area contributed by atoms with Crippen LogP contribution in [0.5, 0.6) is 0 Å². The van der Waals surface area contributed by atoms with E-state index in [-0.39, 0.29) is 0 Å². The SMILES string of the molecule is CC(O)(C(=O)Nc1cnc(C#N)c(C(F)(F)F)c1)C(=O)OCCF. The van der Waals surface area contributed by atoms with Crippen LogP contribution in [0.2, 0.25) is 0 Å². The zero-order valence-electron chi connectivity index (χ0n) is 12.1. The minimum Gasteiger partial charge on any atom is -0.460 e. The molecule has 24 heavy (non-hydrogen) atoms. The van der Waals surface area contributed by atoms with Crippen LogP contribution < -0.4 is 5.32 Å². The van der Waals surface area contributed by atoms with E-state index in [1.807, 2.05) is 5.32 Å². The maximum absolute atomic E-state index is 12.8. The first-order valence-corrected chi connectivity index (χ1v) is 6.28. The fourth-order valence-corrected chi connectivity index (χ4v) is 1.46. The van der Waals surface area contributed by atoms with Gasteiger partial charge in [-0.2, -0.15) is 18.4 Å². The van der Waals surface area contributed by atoms with Crippen molar-refractivity contribution >= 4 is 17.6 Å². The van der Waals surface area contributed by atoms with Crippen LogP contribution in [0.1, 0.15) is 18.2 Å². The highest BCUT2D eigenvalue weighted by Gasteiger charge is 2.41. The lowest BCUT2D eigenvalue weighted by molar-refractivity contribution is -0.168. The molecule has 1 amide bonds. The van der Waals surface area contributed by atoms with E-state index < -0.39 is 53.9 Å². The number of aliphatic hydroxyl groups is 1. The number of ether oxygens (including phenoxy) is 1. The maximum Gasteiger partial charge on any atom is 0.419 e. The smallest absolute Gasteiger partial charge is 0.419 e. The second-order valence-corrected chi connectivity index (χ2v) is 4.58. The highest BCUT2D eigenvalue weighted by atomic mass is 19.4. The Morgan fingerprint density at radius 2 is 2.08 bits per heavy atom. The van der Waals surface area contributed by atoms with Gasteiger partial charge in [-0.25, -0.2) is 14.2 Å². The lowest BCUT2D eigenvalue weighted by Gasteiger charge is -2.20. The molecule has 1 heterocycles. The number of anilines is 1. The van der Waals surface area contributed by atoms with Gasteiger partial charge in [0.1, 0.15) is 19.4 Å². The summed E-state index contributed by atoms with van der Waals surface area (Å²) in [7, 11) is 0. The molecule has 1 aromatic heterocycles. The van der Waals surface area contributed by atoms with Gasteiger partial charge in [-0.05, 0) is 13.0 Å². The van der Waals surface area contributed by atoms with Gasteiger partial charge in [0.25, 0.3) is 5.91 Å². The van der Waals surface area contributed by atoms with Gasteiger partial charge < -0.3 is 15.2 Å². The molecule has 0 bridgehead atoms. The van der Waals surface area contributed by atoms with Crippen LogP contribution in [0.15, 0.2) is 12.3 Å². The van der Waals surface area contributed by atoms with E-state index in [0.29, 0.717) is 6.07 Å². The van der Waals surface area contributed by atoms with Crippen molar-refractivity contribution in [2.45, 2.75) is 18.7 Å². The van der Waals surface area contributed by atoms with Crippen LogP contribution in [0, 0.1) is 11.3 Å². The first kappa shape index (κ1) is 19.3. The maximum atomic E-state index is 12.8. The van der Waals surface area contributed by atoms with E-state index >= 15 is 0 Å². The molecule has 0 spiro atoms. The van der Waals surface area contributed by atoms with Gasteiger partial charge in [0, 0.05) is 0 Å². The summed E-state index contributed by atoms with van der Waals surface area (Å²) in [5.74, 6) is -2.89. The lowest BCUT2D eigenvalue weighted by Crippen LogP contribution is -2.48. The van der Waals surface area contributed by atoms with Crippen molar-refractivity contribution in [3.63, 3.8) is 0 Å². The fourth-order valence-electron chi connectivity index (χ4n) is 1.46. The molecule has 11 heteroatoms. The number of amides is 1. The number of aromatic nitrogens is 1. The highest BCUT2D eigenvalue weighted by Crippen LogP contribution is 2.32. The Balaban J connectivity index is 3.03. The zero-order valence-corrected chi connectivity index (χ0v) is 12.1. The molecular weight excluding hydrogens is 338 g/mol. The van der Waals surface area contributed by atoms with Crippen LogP contribution in [0.25, 0.3) is 0 Å². The number of carbonyl (C=O) groups excluding carboxylic acids is 2. The molecule has 1 atom stereocenters. The summed E-state index contributed by atoms with van der Waals surface area (Å²) in [5, 5.41) is 20.2. The highest BCUT2D eigenvalue weighted by molar-refractivity contribution is 6.11. The summed E-state index contributed by atoms with van der Waals surface area (Å²) in [4.78, 5) is 26.5. The standard InChI is InChI=1S/C13H11F4N3O4/c1-12(23,11(22)24-3-2-14)10(21)20-7-4-8(13(15,16)17)9(5-18)19-6-7/h4,6,23H,2-3H2,1H3,(H,20,21). The number of hydrogen-bond acceptors (Lipinski definition) is 6. The predicted molar refractivity (Wildman–Crippen MR) is 70.1 cm³/mol. The number of nitriles is 1. The molecule has 0 aliphatic carbocycles. The minimum absolute atomic E-state index is 0.423. The summed E-state index contributed by atoms with van der Waals surface area (Å²) in [6.07, 6.45) is -4.16. The molecule has 0 aliphatic rings. The molecule has 1 unspecified atom stereocenters. The fraction of sp³-hybridized carbons (Fsp3) is 0.385. The number of halogens is 4. The summed E-state index contributed by atoms with van der Waals surface area (Å²) in [6.45, 7) is -1.01. The van der Waals surface area contributed by atoms with Gasteiger partial charge >= 0.3 is 12.1 Å². The monoisotopic (exact) mass is 349 g/mol. The number of carbonyl (C=O) groups is 2. The van der Waals surface area contributed by atoms with Gasteiger partial charge in [-0.3, -0.25) is 4.79 Å². The first-order valence-electron chi connectivity index (χ1n) is 6.28. The zero-order chi connectivity index (χ0) is 18.5. The van der Waals surface area contributed by atoms with Gasteiger partial charge in [0.15, 0.2) is 5.69 Å². The summed E-state index contributed by atoms with van der Waals surface area (Å²) in [6, 6.07) is 1.67. The quantitative estimate of drug-likeness (QED) is 0.469. The van der Waals surface area contributed by atoms with Gasteiger partial charge in [0.05, 0.1) is 17.4 Å². The van der Waals surface area contributed by atoms with Crippen molar-refractivity contribution in [3.8, 4) is 6.07 Å². The molecule has 1 aromatic rings. The number of rotatable bonds is 5. The first-order chi connectivity index (χ1) is 11.0.